The molecule has 0 radical (unpaired) electrons. The quantitative estimate of drug-likeness (QED) is 0.218. The summed E-state index contributed by atoms with van der Waals surface area (Å²) in [4.78, 5) is 14.6. The first-order valence-electron chi connectivity index (χ1n) is 15.4. The van der Waals surface area contributed by atoms with Crippen LogP contribution in [0, 0.1) is 5.92 Å². The van der Waals surface area contributed by atoms with Crippen molar-refractivity contribution in [3.05, 3.63) is 70.5 Å². The normalized spacial score (nSPS) is 16.8. The molecule has 0 bridgehead atoms. The predicted molar refractivity (Wildman–Crippen MR) is 170 cm³/mol. The van der Waals surface area contributed by atoms with Gasteiger partial charge in [-0.15, -0.1) is 6.58 Å². The molecule has 0 amide bonds. The number of nitrogens with zero attached hydrogens (tertiary/aromatic N) is 4. The SMILES string of the molecule is C=CCCC(CCC)Cc1cc(CCCN2CCN(C)CC2)cc2ncnc(Nc3c(Cl)ccc4c3CCC4)c12. The highest BCUT2D eigenvalue weighted by Gasteiger charge is 2.21. The van der Waals surface area contributed by atoms with Gasteiger partial charge in [-0.2, -0.15) is 0 Å². The third-order valence-electron chi connectivity index (χ3n) is 8.88. The van der Waals surface area contributed by atoms with Crippen LogP contribution in [0.4, 0.5) is 11.5 Å². The van der Waals surface area contributed by atoms with Crippen LogP contribution in [0.5, 0.6) is 0 Å². The van der Waals surface area contributed by atoms with Crippen LogP contribution < -0.4 is 5.32 Å². The zero-order chi connectivity index (χ0) is 27.9. The number of piperazine rings is 1. The van der Waals surface area contributed by atoms with Crippen LogP contribution in [0.3, 0.4) is 0 Å². The van der Waals surface area contributed by atoms with E-state index in [4.69, 9.17) is 21.6 Å². The highest BCUT2D eigenvalue weighted by Crippen LogP contribution is 2.38. The Kier molecular flexibility index (Phi) is 10.1. The number of halogens is 1. The summed E-state index contributed by atoms with van der Waals surface area (Å²) in [6, 6.07) is 8.96. The van der Waals surface area contributed by atoms with Crippen LogP contribution in [-0.4, -0.2) is 59.5 Å². The molecule has 1 aliphatic carbocycles. The van der Waals surface area contributed by atoms with E-state index in [1.807, 2.05) is 6.07 Å². The standard InChI is InChI=1S/C34H46ClN5/c1-4-6-10-25(9-5-2)21-28-22-26(11-8-16-40-19-17-39(3)18-20-40)23-31-32(28)34(37-24-36-31)38-33-29-13-7-12-27(29)14-15-30(33)35/h4,14-15,22-25H,1,5-13,16-21H2,2-3H3,(H,36,37,38). The third kappa shape index (κ3) is 7.05. The Morgan fingerprint density at radius 3 is 2.75 bits per heavy atom. The number of benzene rings is 2. The van der Waals surface area contributed by atoms with Crippen LogP contribution in [0.1, 0.15) is 67.7 Å². The van der Waals surface area contributed by atoms with Gasteiger partial charge in [0.05, 0.1) is 16.2 Å². The Morgan fingerprint density at radius 2 is 1.95 bits per heavy atom. The van der Waals surface area contributed by atoms with E-state index in [9.17, 15) is 0 Å². The lowest BCUT2D eigenvalue weighted by Crippen LogP contribution is -2.44. The van der Waals surface area contributed by atoms with Gasteiger partial charge in [0.15, 0.2) is 0 Å². The van der Waals surface area contributed by atoms with Crippen LogP contribution in [0.15, 0.2) is 43.2 Å². The summed E-state index contributed by atoms with van der Waals surface area (Å²) >= 11 is 6.76. The highest BCUT2D eigenvalue weighted by molar-refractivity contribution is 6.33. The van der Waals surface area contributed by atoms with Gasteiger partial charge in [0.2, 0.25) is 0 Å². The van der Waals surface area contributed by atoms with Crippen molar-refractivity contribution in [3.8, 4) is 0 Å². The Labute approximate surface area is 246 Å². The molecule has 0 saturated carbocycles. The molecule has 1 fully saturated rings. The van der Waals surface area contributed by atoms with E-state index < -0.39 is 0 Å². The molecule has 5 rings (SSSR count). The summed E-state index contributed by atoms with van der Waals surface area (Å²) in [6.07, 6.45) is 15.0. The van der Waals surface area contributed by atoms with Gasteiger partial charge in [0.1, 0.15) is 12.1 Å². The molecule has 2 aliphatic rings. The fourth-order valence-electron chi connectivity index (χ4n) is 6.63. The van der Waals surface area contributed by atoms with Crippen molar-refractivity contribution >= 4 is 34.0 Å². The summed E-state index contributed by atoms with van der Waals surface area (Å²) in [6.45, 7) is 12.1. The monoisotopic (exact) mass is 559 g/mol. The molecule has 214 valence electrons. The average molecular weight is 560 g/mol. The number of hydrogen-bond donors (Lipinski definition) is 1. The number of likely N-dealkylation sites (N-methyl/N-ethyl adjacent to an activating group) is 1. The predicted octanol–water partition coefficient (Wildman–Crippen LogP) is 7.62. The van der Waals surface area contributed by atoms with Crippen molar-refractivity contribution in [2.45, 2.75) is 71.1 Å². The van der Waals surface area contributed by atoms with Crippen LogP contribution >= 0.6 is 11.6 Å². The van der Waals surface area contributed by atoms with Gasteiger partial charge >= 0.3 is 0 Å². The molecule has 2 aromatic carbocycles. The van der Waals surface area contributed by atoms with Gasteiger partial charge in [0, 0.05) is 31.6 Å². The Morgan fingerprint density at radius 1 is 1.10 bits per heavy atom. The maximum atomic E-state index is 6.76. The summed E-state index contributed by atoms with van der Waals surface area (Å²) < 4.78 is 0. The Balaban J connectivity index is 1.46. The molecule has 0 spiro atoms. The van der Waals surface area contributed by atoms with Crippen molar-refractivity contribution in [1.29, 1.82) is 0 Å². The molecule has 5 nitrogen and oxygen atoms in total. The van der Waals surface area contributed by atoms with Crippen molar-refractivity contribution in [2.75, 3.05) is 45.1 Å². The second kappa shape index (κ2) is 13.9. The number of hydrogen-bond acceptors (Lipinski definition) is 5. The van der Waals surface area contributed by atoms with Gasteiger partial charge < -0.3 is 15.1 Å². The molecule has 1 aromatic heterocycles. The summed E-state index contributed by atoms with van der Waals surface area (Å²) in [5, 5.41) is 5.62. The van der Waals surface area contributed by atoms with Gasteiger partial charge in [0.25, 0.3) is 0 Å². The number of rotatable bonds is 13. The maximum absolute atomic E-state index is 6.76. The van der Waals surface area contributed by atoms with Gasteiger partial charge in [-0.3, -0.25) is 0 Å². The van der Waals surface area contributed by atoms with Gasteiger partial charge in [-0.25, -0.2) is 9.97 Å². The molecule has 3 aromatic rings. The number of nitrogens with one attached hydrogen (secondary N) is 1. The Hall–Kier alpha value is -2.47. The van der Waals surface area contributed by atoms with Crippen molar-refractivity contribution in [1.82, 2.24) is 19.8 Å². The second-order valence-electron chi connectivity index (χ2n) is 11.9. The third-order valence-corrected chi connectivity index (χ3v) is 9.19. The van der Waals surface area contributed by atoms with Crippen LogP contribution in [0.2, 0.25) is 5.02 Å². The lowest BCUT2D eigenvalue weighted by atomic mass is 9.88. The molecular weight excluding hydrogens is 514 g/mol. The molecule has 1 atom stereocenters. The number of aryl methyl sites for hydroxylation is 2. The first-order valence-corrected chi connectivity index (χ1v) is 15.8. The molecule has 1 N–H and O–H groups in total. The van der Waals surface area contributed by atoms with E-state index in [0.717, 1.165) is 66.1 Å². The summed E-state index contributed by atoms with van der Waals surface area (Å²) in [5.41, 5.74) is 7.56. The zero-order valence-corrected chi connectivity index (χ0v) is 25.3. The fourth-order valence-corrected chi connectivity index (χ4v) is 6.85. The van der Waals surface area contributed by atoms with Crippen molar-refractivity contribution in [3.63, 3.8) is 0 Å². The van der Waals surface area contributed by atoms with Gasteiger partial charge in [-0.1, -0.05) is 49.6 Å². The van der Waals surface area contributed by atoms with Crippen LogP contribution in [0.25, 0.3) is 10.9 Å². The number of anilines is 2. The van der Waals surface area contributed by atoms with E-state index in [-0.39, 0.29) is 0 Å². The minimum atomic E-state index is 0.615. The van der Waals surface area contributed by atoms with E-state index in [1.54, 1.807) is 6.33 Å². The molecule has 1 saturated heterocycles. The Bertz CT molecular complexity index is 1300. The van der Waals surface area contributed by atoms with Crippen molar-refractivity contribution in [2.24, 2.45) is 5.92 Å². The second-order valence-corrected chi connectivity index (χ2v) is 12.3. The minimum Gasteiger partial charge on any atom is -0.338 e. The minimum absolute atomic E-state index is 0.615. The van der Waals surface area contributed by atoms with E-state index in [0.29, 0.717) is 5.92 Å². The largest absolute Gasteiger partial charge is 0.338 e. The first kappa shape index (κ1) is 29.0. The number of fused-ring (bicyclic) bond motifs is 2. The first-order chi connectivity index (χ1) is 19.6. The average Bonchev–Trinajstić information content (AvgIpc) is 3.44. The molecule has 1 unspecified atom stereocenters. The molecule has 1 aliphatic heterocycles. The number of aromatic nitrogens is 2. The highest BCUT2D eigenvalue weighted by atomic mass is 35.5. The molecule has 2 heterocycles. The fraction of sp³-hybridized carbons (Fsp3) is 0.529. The van der Waals surface area contributed by atoms with E-state index >= 15 is 0 Å². The maximum Gasteiger partial charge on any atom is 0.142 e. The molecule has 6 heteroatoms. The topological polar surface area (TPSA) is 44.3 Å². The van der Waals surface area contributed by atoms with E-state index in [1.165, 1.54) is 80.5 Å². The number of allylic oxidation sites excluding steroid dienone is 1. The molecular formula is C34H46ClN5. The summed E-state index contributed by atoms with van der Waals surface area (Å²) in [7, 11) is 2.22. The van der Waals surface area contributed by atoms with Gasteiger partial charge in [-0.05, 0) is 105 Å². The van der Waals surface area contributed by atoms with E-state index in [2.05, 4.69) is 59.9 Å². The summed E-state index contributed by atoms with van der Waals surface area (Å²) in [5.74, 6) is 1.49. The van der Waals surface area contributed by atoms with Crippen molar-refractivity contribution < 1.29 is 0 Å². The van der Waals surface area contributed by atoms with Crippen LogP contribution in [-0.2, 0) is 25.7 Å². The zero-order valence-electron chi connectivity index (χ0n) is 24.5. The lowest BCUT2D eigenvalue weighted by molar-refractivity contribution is 0.153. The lowest BCUT2D eigenvalue weighted by Gasteiger charge is -2.32. The smallest absolute Gasteiger partial charge is 0.142 e. The molecule has 40 heavy (non-hydrogen) atoms.